The van der Waals surface area contributed by atoms with Crippen molar-refractivity contribution in [1.82, 2.24) is 9.97 Å². The molecule has 2 aromatic carbocycles. The van der Waals surface area contributed by atoms with Crippen LogP contribution in [0.1, 0.15) is 17.5 Å². The molecule has 126 valence electrons. The molecule has 0 atom stereocenters. The molecule has 2 heterocycles. The van der Waals surface area contributed by atoms with Gasteiger partial charge in [0.15, 0.2) is 0 Å². The number of aromatic nitrogens is 2. The monoisotopic (exact) mass is 330 g/mol. The van der Waals surface area contributed by atoms with Crippen LogP contribution in [0.4, 0.5) is 17.5 Å². The van der Waals surface area contributed by atoms with Crippen molar-refractivity contribution >= 4 is 17.5 Å². The van der Waals surface area contributed by atoms with Crippen molar-refractivity contribution in [2.75, 3.05) is 23.3 Å². The molecule has 0 radical (unpaired) electrons. The number of nitrogens with one attached hydrogen (secondary N) is 1. The molecule has 0 unspecified atom stereocenters. The van der Waals surface area contributed by atoms with Gasteiger partial charge in [-0.1, -0.05) is 48.5 Å². The Hall–Kier alpha value is -2.88. The third-order valence-corrected chi connectivity index (χ3v) is 4.56. The van der Waals surface area contributed by atoms with Gasteiger partial charge in [-0.05, 0) is 42.5 Å². The molecule has 0 fully saturated rings. The van der Waals surface area contributed by atoms with E-state index in [-0.39, 0.29) is 0 Å². The molecule has 1 aliphatic heterocycles. The number of aryl methyl sites for hydroxylation is 1. The van der Waals surface area contributed by atoms with Crippen LogP contribution in [0.25, 0.3) is 0 Å². The minimum Gasteiger partial charge on any atom is -0.370 e. The van der Waals surface area contributed by atoms with E-state index in [1.54, 1.807) is 0 Å². The highest BCUT2D eigenvalue weighted by atomic mass is 15.3. The number of rotatable bonds is 5. The average molecular weight is 330 g/mol. The molecule has 1 aromatic heterocycles. The van der Waals surface area contributed by atoms with Crippen LogP contribution in [0, 0.1) is 0 Å². The molecule has 4 heteroatoms. The van der Waals surface area contributed by atoms with Crippen LogP contribution in [0.5, 0.6) is 0 Å². The molecular weight excluding hydrogens is 308 g/mol. The molecule has 0 bridgehead atoms. The maximum Gasteiger partial charge on any atom is 0.231 e. The Bertz CT molecular complexity index is 832. The molecule has 4 nitrogen and oxygen atoms in total. The smallest absolute Gasteiger partial charge is 0.231 e. The van der Waals surface area contributed by atoms with E-state index in [2.05, 4.69) is 63.7 Å². The van der Waals surface area contributed by atoms with E-state index in [4.69, 9.17) is 4.98 Å². The van der Waals surface area contributed by atoms with Crippen molar-refractivity contribution in [3.05, 3.63) is 78.0 Å². The summed E-state index contributed by atoms with van der Waals surface area (Å²) in [7, 11) is 0. The highest BCUT2D eigenvalue weighted by Gasteiger charge is 2.19. The van der Waals surface area contributed by atoms with Gasteiger partial charge in [0.25, 0.3) is 0 Å². The summed E-state index contributed by atoms with van der Waals surface area (Å²) in [5.41, 5.74) is 3.93. The Morgan fingerprint density at radius 3 is 2.72 bits per heavy atom. The lowest BCUT2D eigenvalue weighted by molar-refractivity contribution is 0.750. The van der Waals surface area contributed by atoms with Crippen LogP contribution < -0.4 is 10.2 Å². The number of fused-ring (bicyclic) bond motifs is 1. The Morgan fingerprint density at radius 2 is 1.80 bits per heavy atom. The third-order valence-electron chi connectivity index (χ3n) is 4.56. The molecule has 0 spiro atoms. The van der Waals surface area contributed by atoms with Gasteiger partial charge in [-0.2, -0.15) is 4.98 Å². The first-order valence-corrected chi connectivity index (χ1v) is 8.86. The van der Waals surface area contributed by atoms with Crippen LogP contribution in [-0.4, -0.2) is 23.1 Å². The van der Waals surface area contributed by atoms with Gasteiger partial charge in [0.2, 0.25) is 5.95 Å². The predicted molar refractivity (Wildman–Crippen MR) is 102 cm³/mol. The fourth-order valence-electron chi connectivity index (χ4n) is 3.30. The summed E-state index contributed by atoms with van der Waals surface area (Å²) in [5, 5.41) is 3.42. The van der Waals surface area contributed by atoms with Crippen molar-refractivity contribution in [1.29, 1.82) is 0 Å². The van der Waals surface area contributed by atoms with Crippen molar-refractivity contribution in [2.24, 2.45) is 0 Å². The maximum absolute atomic E-state index is 4.73. The van der Waals surface area contributed by atoms with Gasteiger partial charge in [0, 0.05) is 25.0 Å². The van der Waals surface area contributed by atoms with E-state index in [9.17, 15) is 0 Å². The lowest BCUT2D eigenvalue weighted by atomic mass is 10.0. The molecule has 1 aliphatic rings. The molecule has 0 saturated heterocycles. The van der Waals surface area contributed by atoms with Crippen molar-refractivity contribution in [2.45, 2.75) is 19.3 Å². The van der Waals surface area contributed by atoms with Gasteiger partial charge in [-0.15, -0.1) is 0 Å². The summed E-state index contributed by atoms with van der Waals surface area (Å²) in [5.74, 6) is 1.65. The molecule has 25 heavy (non-hydrogen) atoms. The number of hydrogen-bond acceptors (Lipinski definition) is 4. The Labute approximate surface area is 148 Å². The number of benzene rings is 2. The lowest BCUT2D eigenvalue weighted by Gasteiger charge is -2.29. The Kier molecular flexibility index (Phi) is 4.59. The zero-order valence-electron chi connectivity index (χ0n) is 14.2. The lowest BCUT2D eigenvalue weighted by Crippen LogP contribution is -2.26. The first-order valence-electron chi connectivity index (χ1n) is 8.86. The van der Waals surface area contributed by atoms with Crippen molar-refractivity contribution in [3.8, 4) is 0 Å². The van der Waals surface area contributed by atoms with Gasteiger partial charge >= 0.3 is 0 Å². The quantitative estimate of drug-likeness (QED) is 0.760. The number of anilines is 3. The first kappa shape index (κ1) is 15.6. The van der Waals surface area contributed by atoms with E-state index in [0.29, 0.717) is 0 Å². The standard InChI is InChI=1S/C21H22N4/c1-2-7-17(8-3-1)12-14-22-20-13-15-23-21(24-20)25-16-6-10-18-9-4-5-11-19(18)25/h1-5,7-9,11,13,15H,6,10,12,14,16H2,(H,22,23,24). The second kappa shape index (κ2) is 7.34. The summed E-state index contributed by atoms with van der Waals surface area (Å²) in [6, 6.07) is 21.0. The average Bonchev–Trinajstić information content (AvgIpc) is 2.69. The van der Waals surface area contributed by atoms with Gasteiger partial charge < -0.3 is 10.2 Å². The topological polar surface area (TPSA) is 41.1 Å². The molecule has 0 aliphatic carbocycles. The highest BCUT2D eigenvalue weighted by molar-refractivity contribution is 5.64. The Balaban J connectivity index is 1.47. The Morgan fingerprint density at radius 1 is 0.960 bits per heavy atom. The SMILES string of the molecule is c1ccc(CCNc2ccnc(N3CCCc4ccccc43)n2)cc1. The van der Waals surface area contributed by atoms with Crippen LogP contribution in [-0.2, 0) is 12.8 Å². The van der Waals surface area contributed by atoms with E-state index in [1.807, 2.05) is 18.3 Å². The van der Waals surface area contributed by atoms with E-state index >= 15 is 0 Å². The summed E-state index contributed by atoms with van der Waals surface area (Å²) >= 11 is 0. The van der Waals surface area contributed by atoms with Gasteiger partial charge in [-0.25, -0.2) is 4.98 Å². The minimum absolute atomic E-state index is 0.775. The summed E-state index contributed by atoms with van der Waals surface area (Å²) in [6.07, 6.45) is 5.07. The molecule has 0 amide bonds. The van der Waals surface area contributed by atoms with Gasteiger partial charge in [-0.3, -0.25) is 0 Å². The number of nitrogens with zero attached hydrogens (tertiary/aromatic N) is 3. The number of hydrogen-bond donors (Lipinski definition) is 1. The zero-order chi connectivity index (χ0) is 16.9. The summed E-state index contributed by atoms with van der Waals surface area (Å²) in [6.45, 7) is 1.82. The second-order valence-electron chi connectivity index (χ2n) is 6.29. The van der Waals surface area contributed by atoms with E-state index in [0.717, 1.165) is 44.1 Å². The highest BCUT2D eigenvalue weighted by Crippen LogP contribution is 2.31. The fourth-order valence-corrected chi connectivity index (χ4v) is 3.30. The summed E-state index contributed by atoms with van der Waals surface area (Å²) < 4.78 is 0. The van der Waals surface area contributed by atoms with Gasteiger partial charge in [0.05, 0.1) is 0 Å². The largest absolute Gasteiger partial charge is 0.370 e. The second-order valence-corrected chi connectivity index (χ2v) is 6.29. The van der Waals surface area contributed by atoms with E-state index in [1.165, 1.54) is 16.8 Å². The molecule has 4 rings (SSSR count). The first-order chi connectivity index (χ1) is 12.4. The maximum atomic E-state index is 4.73. The third kappa shape index (κ3) is 3.63. The van der Waals surface area contributed by atoms with Crippen LogP contribution in [0.2, 0.25) is 0 Å². The van der Waals surface area contributed by atoms with Crippen molar-refractivity contribution in [3.63, 3.8) is 0 Å². The normalized spacial score (nSPS) is 13.4. The minimum atomic E-state index is 0.775. The van der Waals surface area contributed by atoms with Crippen LogP contribution in [0.3, 0.4) is 0 Å². The number of para-hydroxylation sites is 1. The molecule has 1 N–H and O–H groups in total. The van der Waals surface area contributed by atoms with Crippen LogP contribution >= 0.6 is 0 Å². The van der Waals surface area contributed by atoms with E-state index < -0.39 is 0 Å². The molecular formula is C21H22N4. The van der Waals surface area contributed by atoms with Crippen molar-refractivity contribution < 1.29 is 0 Å². The zero-order valence-corrected chi connectivity index (χ0v) is 14.2. The van der Waals surface area contributed by atoms with Crippen LogP contribution in [0.15, 0.2) is 66.9 Å². The predicted octanol–water partition coefficient (Wildman–Crippen LogP) is 4.22. The summed E-state index contributed by atoms with van der Waals surface area (Å²) in [4.78, 5) is 11.5. The molecule has 3 aromatic rings. The molecule has 0 saturated carbocycles. The van der Waals surface area contributed by atoms with Gasteiger partial charge in [0.1, 0.15) is 5.82 Å². The fraction of sp³-hybridized carbons (Fsp3) is 0.238.